The topological polar surface area (TPSA) is 21.3 Å². The Kier molecular flexibility index (Phi) is 6.27. The van der Waals surface area contributed by atoms with Crippen LogP contribution in [0, 0.1) is 0 Å². The van der Waals surface area contributed by atoms with E-state index in [4.69, 9.17) is 4.74 Å². The van der Waals surface area contributed by atoms with Crippen LogP contribution in [0.5, 0.6) is 5.75 Å². The van der Waals surface area contributed by atoms with E-state index in [1.165, 1.54) is 11.1 Å². The Morgan fingerprint density at radius 1 is 1.05 bits per heavy atom. The summed E-state index contributed by atoms with van der Waals surface area (Å²) in [7, 11) is 1.70. The molecule has 1 unspecified atom stereocenters. The van der Waals surface area contributed by atoms with E-state index in [9.17, 15) is 0 Å². The monoisotopic (exact) mass is 347 g/mol. The average Bonchev–Trinajstić information content (AvgIpc) is 2.48. The number of nitrogens with one attached hydrogen (secondary N) is 1. The van der Waals surface area contributed by atoms with Crippen molar-refractivity contribution in [1.82, 2.24) is 5.32 Å². The maximum Gasteiger partial charge on any atom is 0.118 e. The van der Waals surface area contributed by atoms with Gasteiger partial charge in [-0.05, 0) is 54.8 Å². The molecule has 0 saturated carbocycles. The van der Waals surface area contributed by atoms with Crippen molar-refractivity contribution in [3.05, 3.63) is 64.1 Å². The Bertz CT molecular complexity index is 553. The van der Waals surface area contributed by atoms with E-state index in [1.54, 1.807) is 7.11 Å². The summed E-state index contributed by atoms with van der Waals surface area (Å²) in [5, 5.41) is 3.58. The van der Waals surface area contributed by atoms with Crippen LogP contribution in [0.3, 0.4) is 0 Å². The SMILES string of the molecule is CCNC(Cc1ccc(OC)cc1)Cc1cccc(Br)c1. The van der Waals surface area contributed by atoms with Gasteiger partial charge >= 0.3 is 0 Å². The smallest absolute Gasteiger partial charge is 0.118 e. The zero-order chi connectivity index (χ0) is 15.1. The van der Waals surface area contributed by atoms with Gasteiger partial charge in [0.25, 0.3) is 0 Å². The molecule has 0 heterocycles. The second-order valence-corrected chi connectivity index (χ2v) is 6.06. The Labute approximate surface area is 135 Å². The molecule has 2 aromatic carbocycles. The lowest BCUT2D eigenvalue weighted by Crippen LogP contribution is -2.33. The van der Waals surface area contributed by atoms with Crippen LogP contribution in [-0.2, 0) is 12.8 Å². The third-order valence-electron chi connectivity index (χ3n) is 3.51. The molecule has 0 fully saturated rings. The molecule has 0 aromatic heterocycles. The first-order valence-corrected chi connectivity index (χ1v) is 8.11. The third-order valence-corrected chi connectivity index (χ3v) is 4.00. The number of hydrogen-bond donors (Lipinski definition) is 1. The van der Waals surface area contributed by atoms with Crippen LogP contribution in [0.15, 0.2) is 53.0 Å². The van der Waals surface area contributed by atoms with Crippen molar-refractivity contribution in [2.45, 2.75) is 25.8 Å². The lowest BCUT2D eigenvalue weighted by molar-refractivity contribution is 0.414. The molecule has 0 saturated heterocycles. The molecule has 0 amide bonds. The highest BCUT2D eigenvalue weighted by Crippen LogP contribution is 2.16. The number of likely N-dealkylation sites (N-methyl/N-ethyl adjacent to an activating group) is 1. The molecule has 2 rings (SSSR count). The fraction of sp³-hybridized carbons (Fsp3) is 0.333. The Hall–Kier alpha value is -1.32. The highest BCUT2D eigenvalue weighted by molar-refractivity contribution is 9.10. The molecule has 0 aliphatic carbocycles. The average molecular weight is 348 g/mol. The van der Waals surface area contributed by atoms with E-state index < -0.39 is 0 Å². The van der Waals surface area contributed by atoms with Crippen LogP contribution in [0.4, 0.5) is 0 Å². The molecule has 0 aliphatic rings. The lowest BCUT2D eigenvalue weighted by Gasteiger charge is -2.18. The normalized spacial score (nSPS) is 12.1. The summed E-state index contributed by atoms with van der Waals surface area (Å²) < 4.78 is 6.35. The van der Waals surface area contributed by atoms with Gasteiger partial charge in [-0.3, -0.25) is 0 Å². The number of halogens is 1. The van der Waals surface area contributed by atoms with Gasteiger partial charge < -0.3 is 10.1 Å². The maximum absolute atomic E-state index is 5.21. The summed E-state index contributed by atoms with van der Waals surface area (Å²) >= 11 is 3.54. The Morgan fingerprint density at radius 3 is 2.38 bits per heavy atom. The minimum atomic E-state index is 0.442. The first-order chi connectivity index (χ1) is 10.2. The molecule has 3 heteroatoms. The summed E-state index contributed by atoms with van der Waals surface area (Å²) in [5.74, 6) is 0.908. The minimum Gasteiger partial charge on any atom is -0.497 e. The zero-order valence-electron chi connectivity index (χ0n) is 12.6. The van der Waals surface area contributed by atoms with E-state index in [-0.39, 0.29) is 0 Å². The highest BCUT2D eigenvalue weighted by atomic mass is 79.9. The minimum absolute atomic E-state index is 0.442. The van der Waals surface area contributed by atoms with Crippen molar-refractivity contribution in [1.29, 1.82) is 0 Å². The molecule has 1 atom stereocenters. The molecule has 0 radical (unpaired) electrons. The van der Waals surface area contributed by atoms with Gasteiger partial charge in [0.2, 0.25) is 0 Å². The molecule has 2 aromatic rings. The van der Waals surface area contributed by atoms with Crippen molar-refractivity contribution in [2.24, 2.45) is 0 Å². The second-order valence-electron chi connectivity index (χ2n) is 5.14. The van der Waals surface area contributed by atoms with Crippen molar-refractivity contribution in [3.8, 4) is 5.75 Å². The number of rotatable bonds is 7. The molecule has 2 nitrogen and oxygen atoms in total. The maximum atomic E-state index is 5.21. The molecule has 0 bridgehead atoms. The van der Waals surface area contributed by atoms with Crippen LogP contribution in [-0.4, -0.2) is 19.7 Å². The Morgan fingerprint density at radius 2 is 1.76 bits per heavy atom. The predicted octanol–water partition coefficient (Wildman–Crippen LogP) is 4.22. The van der Waals surface area contributed by atoms with Crippen LogP contribution < -0.4 is 10.1 Å². The van der Waals surface area contributed by atoms with Gasteiger partial charge in [-0.2, -0.15) is 0 Å². The summed E-state index contributed by atoms with van der Waals surface area (Å²) in [4.78, 5) is 0. The number of ether oxygens (including phenoxy) is 1. The third kappa shape index (κ3) is 5.18. The summed E-state index contributed by atoms with van der Waals surface area (Å²) in [6, 6.07) is 17.3. The molecule has 0 aliphatic heterocycles. The number of methoxy groups -OCH3 is 1. The van der Waals surface area contributed by atoms with E-state index in [0.717, 1.165) is 29.6 Å². The van der Waals surface area contributed by atoms with Crippen LogP contribution in [0.2, 0.25) is 0 Å². The molecule has 21 heavy (non-hydrogen) atoms. The number of hydrogen-bond acceptors (Lipinski definition) is 2. The molecule has 0 spiro atoms. The zero-order valence-corrected chi connectivity index (χ0v) is 14.2. The first kappa shape index (κ1) is 16.1. The van der Waals surface area contributed by atoms with Gasteiger partial charge in [0, 0.05) is 10.5 Å². The van der Waals surface area contributed by atoms with Gasteiger partial charge in [0.05, 0.1) is 7.11 Å². The van der Waals surface area contributed by atoms with Gasteiger partial charge in [0.15, 0.2) is 0 Å². The molecule has 1 N–H and O–H groups in total. The van der Waals surface area contributed by atoms with E-state index >= 15 is 0 Å². The lowest BCUT2D eigenvalue weighted by atomic mass is 9.99. The van der Waals surface area contributed by atoms with Crippen LogP contribution in [0.25, 0.3) is 0 Å². The van der Waals surface area contributed by atoms with Gasteiger partial charge in [-0.15, -0.1) is 0 Å². The van der Waals surface area contributed by atoms with Gasteiger partial charge in [-0.25, -0.2) is 0 Å². The molecular weight excluding hydrogens is 326 g/mol. The van der Waals surface area contributed by atoms with Gasteiger partial charge in [-0.1, -0.05) is 47.1 Å². The van der Waals surface area contributed by atoms with Crippen molar-refractivity contribution in [2.75, 3.05) is 13.7 Å². The van der Waals surface area contributed by atoms with Gasteiger partial charge in [0.1, 0.15) is 5.75 Å². The van der Waals surface area contributed by atoms with Crippen LogP contribution >= 0.6 is 15.9 Å². The number of benzene rings is 2. The molecule has 112 valence electrons. The summed E-state index contributed by atoms with van der Waals surface area (Å²) in [6.45, 7) is 3.14. The van der Waals surface area contributed by atoms with E-state index in [0.29, 0.717) is 6.04 Å². The largest absolute Gasteiger partial charge is 0.497 e. The first-order valence-electron chi connectivity index (χ1n) is 7.32. The van der Waals surface area contributed by atoms with E-state index in [2.05, 4.69) is 64.6 Å². The Balaban J connectivity index is 2.04. The highest BCUT2D eigenvalue weighted by Gasteiger charge is 2.10. The summed E-state index contributed by atoms with van der Waals surface area (Å²) in [5.41, 5.74) is 2.68. The van der Waals surface area contributed by atoms with E-state index in [1.807, 2.05) is 12.1 Å². The fourth-order valence-corrected chi connectivity index (χ4v) is 2.95. The quantitative estimate of drug-likeness (QED) is 0.809. The van der Waals surface area contributed by atoms with Crippen LogP contribution in [0.1, 0.15) is 18.1 Å². The summed E-state index contributed by atoms with van der Waals surface area (Å²) in [6.07, 6.45) is 2.05. The fourth-order valence-electron chi connectivity index (χ4n) is 2.50. The standard InChI is InChI=1S/C18H22BrNO/c1-3-20-17(13-15-5-4-6-16(19)11-15)12-14-7-9-18(21-2)10-8-14/h4-11,17,20H,3,12-13H2,1-2H3. The second kappa shape index (κ2) is 8.20. The van der Waals surface area contributed by atoms with Crippen molar-refractivity contribution in [3.63, 3.8) is 0 Å². The predicted molar refractivity (Wildman–Crippen MR) is 92.0 cm³/mol. The molecular formula is C18H22BrNO. The van der Waals surface area contributed by atoms with Crippen molar-refractivity contribution >= 4 is 15.9 Å². The van der Waals surface area contributed by atoms with Crippen molar-refractivity contribution < 1.29 is 4.74 Å².